The van der Waals surface area contributed by atoms with Crippen molar-refractivity contribution < 1.29 is 15.0 Å². The fourth-order valence-electron chi connectivity index (χ4n) is 4.80. The Morgan fingerprint density at radius 2 is 2.00 bits per heavy atom. The minimum Gasteiger partial charge on any atom is -0.478 e. The number of aliphatic hydroxyl groups is 1. The number of fused-ring (bicyclic) bond motifs is 1. The van der Waals surface area contributed by atoms with Crippen LogP contribution in [0.1, 0.15) is 40.5 Å². The Kier molecular flexibility index (Phi) is 6.22. The summed E-state index contributed by atoms with van der Waals surface area (Å²) in [6, 6.07) is 0. The zero-order valence-corrected chi connectivity index (χ0v) is 15.1. The van der Waals surface area contributed by atoms with Crippen LogP contribution in [0.3, 0.4) is 0 Å². The van der Waals surface area contributed by atoms with Crippen molar-refractivity contribution in [2.45, 2.75) is 46.6 Å². The molecule has 0 spiro atoms. The second-order valence-corrected chi connectivity index (χ2v) is 7.42. The van der Waals surface area contributed by atoms with E-state index in [2.05, 4.69) is 45.9 Å². The molecule has 0 aromatic carbocycles. The standard InChI is InChI=1S/C21H30O3/c1-5-13(2)20-14(3)10-16-12-17(22)11-15(4)21(16)18(20)8-6-7-9-19(23)24/h5-10,15-18,20-22H,11-12H2,1-4H3,(H,23,24)/b8-6+,9-7+,13-5?/t15-,16+,17-,18+,20+,21+/m0/s1. The van der Waals surface area contributed by atoms with Gasteiger partial charge in [-0.2, -0.15) is 0 Å². The molecular weight excluding hydrogens is 300 g/mol. The summed E-state index contributed by atoms with van der Waals surface area (Å²) in [5, 5.41) is 18.9. The average Bonchev–Trinajstić information content (AvgIpc) is 2.49. The zero-order chi connectivity index (χ0) is 17.9. The van der Waals surface area contributed by atoms with E-state index in [1.165, 1.54) is 17.2 Å². The quantitative estimate of drug-likeness (QED) is 0.457. The van der Waals surface area contributed by atoms with Crippen LogP contribution in [0.25, 0.3) is 0 Å². The number of hydrogen-bond donors (Lipinski definition) is 2. The van der Waals surface area contributed by atoms with Crippen LogP contribution in [0.15, 0.2) is 47.6 Å². The third-order valence-electron chi connectivity index (χ3n) is 5.77. The molecule has 2 aliphatic carbocycles. The van der Waals surface area contributed by atoms with Gasteiger partial charge in [0.25, 0.3) is 0 Å². The van der Waals surface area contributed by atoms with Crippen LogP contribution < -0.4 is 0 Å². The van der Waals surface area contributed by atoms with Gasteiger partial charge >= 0.3 is 5.97 Å². The maximum absolute atomic E-state index is 10.7. The SMILES string of the molecule is CC=C(C)[C@@H]1C(C)=C[C@@H]2C[C@@H](O)C[C@H](C)[C@H]2[C@@H]1/C=C/C=C/C(=O)O. The van der Waals surface area contributed by atoms with Gasteiger partial charge in [-0.15, -0.1) is 0 Å². The molecule has 1 saturated carbocycles. The molecule has 132 valence electrons. The predicted octanol–water partition coefficient (Wildman–Crippen LogP) is 4.37. The Labute approximate surface area is 145 Å². The van der Waals surface area contributed by atoms with Crippen molar-refractivity contribution in [3.63, 3.8) is 0 Å². The molecule has 24 heavy (non-hydrogen) atoms. The third kappa shape index (κ3) is 4.07. The molecule has 0 amide bonds. The fourth-order valence-corrected chi connectivity index (χ4v) is 4.80. The van der Waals surface area contributed by atoms with E-state index in [4.69, 9.17) is 5.11 Å². The lowest BCUT2D eigenvalue weighted by atomic mass is 9.57. The average molecular weight is 330 g/mol. The highest BCUT2D eigenvalue weighted by Gasteiger charge is 2.44. The lowest BCUT2D eigenvalue weighted by molar-refractivity contribution is -0.131. The van der Waals surface area contributed by atoms with Gasteiger partial charge in [0.1, 0.15) is 0 Å². The number of allylic oxidation sites excluding steroid dienone is 7. The van der Waals surface area contributed by atoms with Crippen molar-refractivity contribution in [1.29, 1.82) is 0 Å². The lowest BCUT2D eigenvalue weighted by Crippen LogP contribution is -2.42. The Morgan fingerprint density at radius 3 is 2.62 bits per heavy atom. The summed E-state index contributed by atoms with van der Waals surface area (Å²) >= 11 is 0. The molecule has 2 N–H and O–H groups in total. The highest BCUT2D eigenvalue weighted by atomic mass is 16.4. The van der Waals surface area contributed by atoms with Crippen molar-refractivity contribution >= 4 is 5.97 Å². The number of carboxylic acid groups (broad SMARTS) is 1. The summed E-state index contributed by atoms with van der Waals surface area (Å²) in [5.41, 5.74) is 2.72. The number of aliphatic carboxylic acids is 1. The van der Waals surface area contributed by atoms with Crippen LogP contribution in [-0.2, 0) is 4.79 Å². The Hall–Kier alpha value is -1.61. The largest absolute Gasteiger partial charge is 0.478 e. The van der Waals surface area contributed by atoms with Crippen molar-refractivity contribution in [3.05, 3.63) is 47.6 Å². The molecule has 0 aromatic heterocycles. The van der Waals surface area contributed by atoms with Gasteiger partial charge in [-0.05, 0) is 57.3 Å². The summed E-state index contributed by atoms with van der Waals surface area (Å²) in [6.07, 6.45) is 12.9. The normalized spacial score (nSPS) is 37.5. The van der Waals surface area contributed by atoms with Gasteiger partial charge in [-0.25, -0.2) is 4.79 Å². The van der Waals surface area contributed by atoms with Gasteiger partial charge in [0, 0.05) is 12.0 Å². The summed E-state index contributed by atoms with van der Waals surface area (Å²) in [6.45, 7) is 8.68. The first-order chi connectivity index (χ1) is 11.3. The second kappa shape index (κ2) is 7.98. The molecule has 6 atom stereocenters. The molecule has 0 saturated heterocycles. The molecule has 3 heteroatoms. The van der Waals surface area contributed by atoms with Gasteiger partial charge < -0.3 is 10.2 Å². The smallest absolute Gasteiger partial charge is 0.328 e. The van der Waals surface area contributed by atoms with Gasteiger partial charge in [-0.3, -0.25) is 0 Å². The minimum absolute atomic E-state index is 0.207. The predicted molar refractivity (Wildman–Crippen MR) is 97.5 cm³/mol. The molecular formula is C21H30O3. The number of aliphatic hydroxyl groups excluding tert-OH is 1. The molecule has 2 aliphatic rings. The van der Waals surface area contributed by atoms with E-state index in [1.54, 1.807) is 6.08 Å². The third-order valence-corrected chi connectivity index (χ3v) is 5.77. The maximum Gasteiger partial charge on any atom is 0.328 e. The van der Waals surface area contributed by atoms with Gasteiger partial charge in [0.15, 0.2) is 0 Å². The summed E-state index contributed by atoms with van der Waals surface area (Å²) in [4.78, 5) is 10.7. The Morgan fingerprint density at radius 1 is 1.29 bits per heavy atom. The molecule has 0 aromatic rings. The van der Waals surface area contributed by atoms with Gasteiger partial charge in [0.2, 0.25) is 0 Å². The maximum atomic E-state index is 10.7. The highest BCUT2D eigenvalue weighted by Crippen LogP contribution is 2.50. The summed E-state index contributed by atoms with van der Waals surface area (Å²) in [5.74, 6) is 1.13. The fraction of sp³-hybridized carbons (Fsp3) is 0.571. The van der Waals surface area contributed by atoms with Crippen molar-refractivity contribution in [2.75, 3.05) is 0 Å². The second-order valence-electron chi connectivity index (χ2n) is 7.42. The lowest BCUT2D eigenvalue weighted by Gasteiger charge is -2.48. The number of carbonyl (C=O) groups is 1. The van der Waals surface area contributed by atoms with Crippen LogP contribution in [0.2, 0.25) is 0 Å². The molecule has 3 nitrogen and oxygen atoms in total. The van der Waals surface area contributed by atoms with Crippen LogP contribution in [0.5, 0.6) is 0 Å². The molecule has 0 heterocycles. The molecule has 2 rings (SSSR count). The number of carboxylic acids is 1. The number of rotatable bonds is 4. The monoisotopic (exact) mass is 330 g/mol. The summed E-state index contributed by atoms with van der Waals surface area (Å²) in [7, 11) is 0. The topological polar surface area (TPSA) is 57.5 Å². The first-order valence-electron chi connectivity index (χ1n) is 8.92. The molecule has 0 bridgehead atoms. The first kappa shape index (κ1) is 18.7. The summed E-state index contributed by atoms with van der Waals surface area (Å²) < 4.78 is 0. The number of hydrogen-bond acceptors (Lipinski definition) is 2. The van der Waals surface area contributed by atoms with Crippen molar-refractivity contribution in [3.8, 4) is 0 Å². The molecule has 0 unspecified atom stereocenters. The molecule has 0 radical (unpaired) electrons. The van der Waals surface area contributed by atoms with E-state index in [9.17, 15) is 9.90 Å². The minimum atomic E-state index is -0.924. The van der Waals surface area contributed by atoms with Crippen molar-refractivity contribution in [1.82, 2.24) is 0 Å². The van der Waals surface area contributed by atoms with Crippen LogP contribution >= 0.6 is 0 Å². The van der Waals surface area contributed by atoms with Crippen molar-refractivity contribution in [2.24, 2.45) is 29.6 Å². The van der Waals surface area contributed by atoms with E-state index in [0.29, 0.717) is 29.6 Å². The zero-order valence-electron chi connectivity index (χ0n) is 15.1. The highest BCUT2D eigenvalue weighted by molar-refractivity contribution is 5.80. The Balaban J connectivity index is 2.38. The van der Waals surface area contributed by atoms with Crippen LogP contribution in [0.4, 0.5) is 0 Å². The molecule has 1 fully saturated rings. The first-order valence-corrected chi connectivity index (χ1v) is 8.92. The van der Waals surface area contributed by atoms with E-state index >= 15 is 0 Å². The van der Waals surface area contributed by atoms with E-state index in [1.807, 2.05) is 6.08 Å². The molecule has 0 aliphatic heterocycles. The van der Waals surface area contributed by atoms with Crippen LogP contribution in [-0.4, -0.2) is 22.3 Å². The Bertz CT molecular complexity index is 582. The van der Waals surface area contributed by atoms with E-state index < -0.39 is 5.97 Å². The van der Waals surface area contributed by atoms with Gasteiger partial charge in [0.05, 0.1) is 6.10 Å². The van der Waals surface area contributed by atoms with E-state index in [0.717, 1.165) is 12.8 Å². The van der Waals surface area contributed by atoms with E-state index in [-0.39, 0.29) is 6.10 Å². The van der Waals surface area contributed by atoms with Gasteiger partial charge in [-0.1, -0.05) is 48.5 Å². The van der Waals surface area contributed by atoms with Crippen LogP contribution in [0, 0.1) is 29.6 Å².